The third-order valence-corrected chi connectivity index (χ3v) is 4.64. The molecule has 0 aliphatic rings. The Morgan fingerprint density at radius 2 is 0.784 bits per heavy atom. The van der Waals surface area contributed by atoms with E-state index in [1.165, 1.54) is 0 Å². The molecule has 0 bridgehead atoms. The van der Waals surface area contributed by atoms with Gasteiger partial charge in [0.1, 0.15) is 13.2 Å². The number of Topliss-reactive ketones (excluding diaryl/α,β-unsaturated/α-hetero) is 1. The van der Waals surface area contributed by atoms with Gasteiger partial charge in [-0.25, -0.2) is 9.59 Å². The van der Waals surface area contributed by atoms with Crippen molar-refractivity contribution in [3.05, 3.63) is 71.8 Å². The van der Waals surface area contributed by atoms with Gasteiger partial charge in [0.15, 0.2) is 0 Å². The highest BCUT2D eigenvalue weighted by Gasteiger charge is 2.17. The Hall–Kier alpha value is -3.15. The second kappa shape index (κ2) is 20.0. The van der Waals surface area contributed by atoms with Crippen molar-refractivity contribution < 1.29 is 47.5 Å². The normalized spacial score (nSPS) is 10.7. The summed E-state index contributed by atoms with van der Waals surface area (Å²) in [5.74, 6) is -1.95. The smallest absolute Gasteiger partial charge is 0.379 e. The van der Waals surface area contributed by atoms with Crippen LogP contribution >= 0.6 is 0 Å². The van der Waals surface area contributed by atoms with Crippen LogP contribution in [0.15, 0.2) is 60.7 Å². The Kier molecular flexibility index (Phi) is 16.2. The first-order valence-electron chi connectivity index (χ1n) is 12.1. The molecule has 2 aromatic rings. The van der Waals surface area contributed by atoms with E-state index in [2.05, 4.69) is 0 Å². The highest BCUT2D eigenvalue weighted by molar-refractivity contribution is 6.40. The fourth-order valence-corrected chi connectivity index (χ4v) is 2.80. The highest BCUT2D eigenvalue weighted by atomic mass is 16.6. The van der Waals surface area contributed by atoms with Gasteiger partial charge in [-0.1, -0.05) is 48.5 Å². The summed E-state index contributed by atoms with van der Waals surface area (Å²) in [6.45, 7) is 3.87. The Bertz CT molecular complexity index is 889. The predicted molar refractivity (Wildman–Crippen MR) is 133 cm³/mol. The number of hydrogen-bond acceptors (Lipinski definition) is 10. The number of carbonyl (C=O) groups excluding carboxylic acids is 3. The highest BCUT2D eigenvalue weighted by Crippen LogP contribution is 2.02. The molecular formula is C27H34O10. The van der Waals surface area contributed by atoms with Gasteiger partial charge in [0.2, 0.25) is 0 Å². The summed E-state index contributed by atoms with van der Waals surface area (Å²) in [7, 11) is 0. The fraction of sp³-hybridized carbons (Fsp3) is 0.444. The first-order chi connectivity index (χ1) is 18.2. The summed E-state index contributed by atoms with van der Waals surface area (Å²) in [6.07, 6.45) is 0. The van der Waals surface area contributed by atoms with Crippen LogP contribution in [-0.4, -0.2) is 97.0 Å². The Morgan fingerprint density at radius 3 is 1.22 bits per heavy atom. The molecule has 0 saturated carbocycles. The van der Waals surface area contributed by atoms with Crippen molar-refractivity contribution in [1.29, 1.82) is 0 Å². The molecule has 0 aliphatic heterocycles. The number of ether oxygens (including phenoxy) is 7. The number of carbonyl (C=O) groups is 3. The predicted octanol–water partition coefficient (Wildman–Crippen LogP) is 2.35. The second-order valence-corrected chi connectivity index (χ2v) is 7.39. The number of ketones is 1. The van der Waals surface area contributed by atoms with Gasteiger partial charge in [0.05, 0.1) is 71.6 Å². The summed E-state index contributed by atoms with van der Waals surface area (Å²) >= 11 is 0. The van der Waals surface area contributed by atoms with E-state index in [4.69, 9.17) is 33.2 Å². The van der Waals surface area contributed by atoms with Crippen LogP contribution in [0, 0.1) is 0 Å². The maximum absolute atomic E-state index is 11.8. The van der Waals surface area contributed by atoms with E-state index in [0.717, 1.165) is 0 Å². The molecule has 0 fully saturated rings. The van der Waals surface area contributed by atoms with Crippen molar-refractivity contribution >= 4 is 17.7 Å². The number of esters is 2. The van der Waals surface area contributed by atoms with Crippen LogP contribution in [0.3, 0.4) is 0 Å². The Labute approximate surface area is 216 Å². The summed E-state index contributed by atoms with van der Waals surface area (Å²) in [4.78, 5) is 35.3. The monoisotopic (exact) mass is 518 g/mol. The molecular weight excluding hydrogens is 484 g/mol. The maximum atomic E-state index is 11.8. The van der Waals surface area contributed by atoms with Crippen LogP contribution < -0.4 is 0 Å². The molecule has 202 valence electrons. The first kappa shape index (κ1) is 30.1. The number of benzene rings is 2. The summed E-state index contributed by atoms with van der Waals surface area (Å²) in [5, 5.41) is 0. The molecule has 0 heterocycles. The summed E-state index contributed by atoms with van der Waals surface area (Å²) in [5.41, 5.74) is 0.805. The molecule has 10 nitrogen and oxygen atoms in total. The van der Waals surface area contributed by atoms with Crippen LogP contribution in [0.2, 0.25) is 0 Å². The van der Waals surface area contributed by atoms with Crippen molar-refractivity contribution in [3.63, 3.8) is 0 Å². The third kappa shape index (κ3) is 14.2. The average molecular weight is 519 g/mol. The Morgan fingerprint density at radius 1 is 0.432 bits per heavy atom. The number of hydrogen-bond donors (Lipinski definition) is 0. The zero-order valence-corrected chi connectivity index (χ0v) is 20.8. The van der Waals surface area contributed by atoms with Crippen LogP contribution in [0.1, 0.15) is 20.7 Å². The van der Waals surface area contributed by atoms with Gasteiger partial charge in [0.25, 0.3) is 5.78 Å². The van der Waals surface area contributed by atoms with Crippen molar-refractivity contribution in [1.82, 2.24) is 0 Å². The molecule has 0 spiro atoms. The first-order valence-corrected chi connectivity index (χ1v) is 12.1. The van der Waals surface area contributed by atoms with E-state index in [1.54, 1.807) is 54.6 Å². The molecule has 2 rings (SSSR count). The lowest BCUT2D eigenvalue weighted by Gasteiger charge is -2.08. The fourth-order valence-electron chi connectivity index (χ4n) is 2.80. The molecule has 0 saturated heterocycles. The third-order valence-electron chi connectivity index (χ3n) is 4.64. The maximum Gasteiger partial charge on any atom is 0.379 e. The van der Waals surface area contributed by atoms with Crippen molar-refractivity contribution in [3.8, 4) is 0 Å². The lowest BCUT2D eigenvalue weighted by Crippen LogP contribution is -2.20. The summed E-state index contributed by atoms with van der Waals surface area (Å²) < 4.78 is 36.8. The van der Waals surface area contributed by atoms with Gasteiger partial charge in [-0.3, -0.25) is 4.79 Å². The van der Waals surface area contributed by atoms with Crippen molar-refractivity contribution in [2.75, 3.05) is 79.3 Å². The van der Waals surface area contributed by atoms with E-state index in [-0.39, 0.29) is 25.8 Å². The minimum Gasteiger partial charge on any atom is -0.460 e. The van der Waals surface area contributed by atoms with Crippen LogP contribution in [-0.2, 0) is 38.0 Å². The minimum absolute atomic E-state index is 0.00668. The largest absolute Gasteiger partial charge is 0.460 e. The van der Waals surface area contributed by atoms with Gasteiger partial charge in [0, 0.05) is 5.56 Å². The molecule has 2 aromatic carbocycles. The van der Waals surface area contributed by atoms with Gasteiger partial charge >= 0.3 is 11.9 Å². The van der Waals surface area contributed by atoms with Gasteiger partial charge in [-0.2, -0.15) is 0 Å². The van der Waals surface area contributed by atoms with Gasteiger partial charge in [-0.05, 0) is 12.1 Å². The summed E-state index contributed by atoms with van der Waals surface area (Å²) in [6, 6.07) is 17.0. The molecule has 10 heteroatoms. The second-order valence-electron chi connectivity index (χ2n) is 7.39. The molecule has 0 atom stereocenters. The SMILES string of the molecule is O=C(OCCOCCOCCOCCOCCOCCOC(=O)c1ccccc1)C(=O)c1ccccc1. The van der Waals surface area contributed by atoms with Crippen LogP contribution in [0.5, 0.6) is 0 Å². The van der Waals surface area contributed by atoms with Crippen molar-refractivity contribution in [2.45, 2.75) is 0 Å². The quantitative estimate of drug-likeness (QED) is 0.106. The number of rotatable bonds is 21. The lowest BCUT2D eigenvalue weighted by molar-refractivity contribution is -0.139. The molecule has 0 aromatic heterocycles. The van der Waals surface area contributed by atoms with Crippen LogP contribution in [0.4, 0.5) is 0 Å². The van der Waals surface area contributed by atoms with E-state index in [0.29, 0.717) is 70.6 Å². The molecule has 0 amide bonds. The standard InChI is InChI=1S/C27H34O10/c28-25(23-7-3-1-4-8-23)27(30)37-22-20-35-18-16-33-14-12-31-11-13-32-15-17-34-19-21-36-26(29)24-9-5-2-6-10-24/h1-10H,11-22H2. The van der Waals surface area contributed by atoms with Gasteiger partial charge < -0.3 is 33.2 Å². The van der Waals surface area contributed by atoms with Gasteiger partial charge in [-0.15, -0.1) is 0 Å². The van der Waals surface area contributed by atoms with Crippen molar-refractivity contribution in [2.24, 2.45) is 0 Å². The molecule has 0 N–H and O–H groups in total. The van der Waals surface area contributed by atoms with E-state index in [1.807, 2.05) is 6.07 Å². The van der Waals surface area contributed by atoms with Crippen LogP contribution in [0.25, 0.3) is 0 Å². The zero-order valence-electron chi connectivity index (χ0n) is 20.8. The minimum atomic E-state index is -0.901. The lowest BCUT2D eigenvalue weighted by atomic mass is 10.1. The molecule has 37 heavy (non-hydrogen) atoms. The van der Waals surface area contributed by atoms with E-state index in [9.17, 15) is 14.4 Å². The van der Waals surface area contributed by atoms with E-state index >= 15 is 0 Å². The molecule has 0 unspecified atom stereocenters. The molecule has 0 radical (unpaired) electrons. The topological polar surface area (TPSA) is 116 Å². The zero-order chi connectivity index (χ0) is 26.4. The van der Waals surface area contributed by atoms with E-state index < -0.39 is 11.8 Å². The average Bonchev–Trinajstić information content (AvgIpc) is 2.94. The molecule has 0 aliphatic carbocycles. The Balaban J connectivity index is 1.27.